The highest BCUT2D eigenvalue weighted by Gasteiger charge is 2.43. The molecule has 1 N–H and O–H groups in total. The summed E-state index contributed by atoms with van der Waals surface area (Å²) in [7, 11) is 1.39. The van der Waals surface area contributed by atoms with E-state index in [1.807, 2.05) is 6.07 Å². The molecular weight excluding hydrogens is 342 g/mol. The zero-order valence-electron chi connectivity index (χ0n) is 14.1. The van der Waals surface area contributed by atoms with Gasteiger partial charge in [0.05, 0.1) is 12.7 Å². The number of carbonyl (C=O) groups is 1. The van der Waals surface area contributed by atoms with Crippen LogP contribution in [-0.4, -0.2) is 30.6 Å². The third-order valence-corrected chi connectivity index (χ3v) is 4.63. The summed E-state index contributed by atoms with van der Waals surface area (Å²) in [6.07, 6.45) is 1.18. The van der Waals surface area contributed by atoms with Gasteiger partial charge in [-0.05, 0) is 31.0 Å². The molecule has 1 heterocycles. The Labute approximate surface area is 149 Å². The maximum Gasteiger partial charge on any atom is 0.387 e. The molecule has 1 saturated carbocycles. The largest absolute Gasteiger partial charge is 0.493 e. The van der Waals surface area contributed by atoms with Crippen LogP contribution in [0.5, 0.6) is 11.5 Å². The predicted molar refractivity (Wildman–Crippen MR) is 91.6 cm³/mol. The normalized spacial score (nSPS) is 19.2. The Balaban J connectivity index is 1.82. The van der Waals surface area contributed by atoms with Crippen LogP contribution >= 0.6 is 0 Å². The number of methoxy groups -OCH3 is 1. The summed E-state index contributed by atoms with van der Waals surface area (Å²) in [6.45, 7) is -2.99. The molecule has 136 valence electrons. The van der Waals surface area contributed by atoms with E-state index in [0.717, 1.165) is 12.8 Å². The number of nitrogens with zero attached hydrogens (tertiary/aromatic N) is 1. The molecule has 7 heteroatoms. The number of nitrogens with one attached hydrogen (secondary N) is 1. The summed E-state index contributed by atoms with van der Waals surface area (Å²) in [4.78, 5) is 14.8. The number of para-hydroxylation sites is 2. The van der Waals surface area contributed by atoms with Crippen molar-refractivity contribution < 1.29 is 23.0 Å². The molecule has 0 radical (unpaired) electrons. The van der Waals surface area contributed by atoms with Crippen molar-refractivity contribution in [3.8, 4) is 11.5 Å². The number of alkyl halides is 2. The van der Waals surface area contributed by atoms with Crippen LogP contribution < -0.4 is 14.8 Å². The van der Waals surface area contributed by atoms with E-state index in [4.69, 9.17) is 9.47 Å². The minimum absolute atomic E-state index is 0.0552. The zero-order chi connectivity index (χ0) is 18.3. The van der Waals surface area contributed by atoms with Crippen LogP contribution in [0.2, 0.25) is 0 Å². The smallest absolute Gasteiger partial charge is 0.387 e. The van der Waals surface area contributed by atoms with Gasteiger partial charge in [-0.3, -0.25) is 4.79 Å². The molecule has 4 rings (SSSR count). The highest BCUT2D eigenvalue weighted by molar-refractivity contribution is 6.02. The molecule has 0 saturated heterocycles. The first-order valence-corrected chi connectivity index (χ1v) is 8.40. The van der Waals surface area contributed by atoms with Crippen LogP contribution in [0.1, 0.15) is 34.9 Å². The number of hydrogen-bond donors (Lipinski definition) is 1. The van der Waals surface area contributed by atoms with Gasteiger partial charge < -0.3 is 19.7 Å². The van der Waals surface area contributed by atoms with Gasteiger partial charge in [-0.1, -0.05) is 24.3 Å². The quantitative estimate of drug-likeness (QED) is 0.875. The number of anilines is 1. The second kappa shape index (κ2) is 6.48. The SMILES string of the molecule is COc1cccc([C@H]2Nc3ccccc3C(=O)N2C2CC2)c1OC(F)F. The minimum Gasteiger partial charge on any atom is -0.493 e. The molecule has 0 aromatic heterocycles. The van der Waals surface area contributed by atoms with Crippen LogP contribution in [0.4, 0.5) is 14.5 Å². The number of amides is 1. The van der Waals surface area contributed by atoms with Crippen molar-refractivity contribution in [3.63, 3.8) is 0 Å². The van der Waals surface area contributed by atoms with Gasteiger partial charge in [-0.15, -0.1) is 0 Å². The number of benzene rings is 2. The zero-order valence-corrected chi connectivity index (χ0v) is 14.1. The molecule has 5 nitrogen and oxygen atoms in total. The monoisotopic (exact) mass is 360 g/mol. The van der Waals surface area contributed by atoms with E-state index in [0.29, 0.717) is 16.8 Å². The summed E-state index contributed by atoms with van der Waals surface area (Å²) in [5.41, 5.74) is 1.69. The number of hydrogen-bond acceptors (Lipinski definition) is 4. The molecule has 1 aliphatic carbocycles. The average molecular weight is 360 g/mol. The van der Waals surface area contributed by atoms with Gasteiger partial charge in [-0.2, -0.15) is 8.78 Å². The van der Waals surface area contributed by atoms with Crippen molar-refractivity contribution in [2.45, 2.75) is 31.7 Å². The fraction of sp³-hybridized carbons (Fsp3) is 0.316. The van der Waals surface area contributed by atoms with Crippen molar-refractivity contribution in [1.82, 2.24) is 4.90 Å². The molecule has 1 amide bonds. The van der Waals surface area contributed by atoms with Gasteiger partial charge in [0.2, 0.25) is 0 Å². The lowest BCUT2D eigenvalue weighted by molar-refractivity contribution is -0.0523. The lowest BCUT2D eigenvalue weighted by atomic mass is 10.0. The Morgan fingerprint density at radius 2 is 1.92 bits per heavy atom. The standard InChI is InChI=1S/C19H18F2N2O3/c1-25-15-8-4-6-13(16(15)26-19(20)21)17-22-14-7-3-2-5-12(14)18(24)23(17)11-9-10-11/h2-8,11,17,19,22H,9-10H2,1H3/t17-/m0/s1. The first-order chi connectivity index (χ1) is 12.6. The predicted octanol–water partition coefficient (Wildman–Crippen LogP) is 4.03. The molecular formula is C19H18F2N2O3. The van der Waals surface area contributed by atoms with E-state index in [1.165, 1.54) is 7.11 Å². The van der Waals surface area contributed by atoms with Crippen molar-refractivity contribution in [2.24, 2.45) is 0 Å². The second-order valence-electron chi connectivity index (χ2n) is 6.29. The van der Waals surface area contributed by atoms with Crippen LogP contribution in [0.3, 0.4) is 0 Å². The van der Waals surface area contributed by atoms with Crippen LogP contribution in [0.25, 0.3) is 0 Å². The molecule has 1 aliphatic heterocycles. The highest BCUT2D eigenvalue weighted by Crippen LogP contribution is 2.45. The first-order valence-electron chi connectivity index (χ1n) is 8.40. The number of rotatable bonds is 5. The third kappa shape index (κ3) is 2.83. The number of carbonyl (C=O) groups excluding carboxylic acids is 1. The van der Waals surface area contributed by atoms with Crippen molar-refractivity contribution in [3.05, 3.63) is 53.6 Å². The topological polar surface area (TPSA) is 50.8 Å². The van der Waals surface area contributed by atoms with Gasteiger partial charge in [0.15, 0.2) is 11.5 Å². The van der Waals surface area contributed by atoms with Gasteiger partial charge in [-0.25, -0.2) is 0 Å². The number of ether oxygens (including phenoxy) is 2. The fourth-order valence-electron chi connectivity index (χ4n) is 3.35. The maximum atomic E-state index is 13.0. The molecule has 0 unspecified atom stereocenters. The highest BCUT2D eigenvalue weighted by atomic mass is 19.3. The maximum absolute atomic E-state index is 13.0. The van der Waals surface area contributed by atoms with E-state index in [1.54, 1.807) is 41.3 Å². The molecule has 26 heavy (non-hydrogen) atoms. The summed E-state index contributed by atoms with van der Waals surface area (Å²) < 4.78 is 35.9. The summed E-state index contributed by atoms with van der Waals surface area (Å²) in [6, 6.07) is 12.2. The van der Waals surface area contributed by atoms with Crippen molar-refractivity contribution in [2.75, 3.05) is 12.4 Å². The summed E-state index contributed by atoms with van der Waals surface area (Å²) >= 11 is 0. The Hall–Kier alpha value is -2.83. The molecule has 1 atom stereocenters. The number of halogens is 2. The molecule has 2 aromatic carbocycles. The third-order valence-electron chi connectivity index (χ3n) is 4.63. The van der Waals surface area contributed by atoms with Crippen molar-refractivity contribution >= 4 is 11.6 Å². The molecule has 0 bridgehead atoms. The Morgan fingerprint density at radius 1 is 1.15 bits per heavy atom. The van der Waals surface area contributed by atoms with E-state index in [9.17, 15) is 13.6 Å². The number of fused-ring (bicyclic) bond motifs is 1. The van der Waals surface area contributed by atoms with Gasteiger partial charge >= 0.3 is 6.61 Å². The van der Waals surface area contributed by atoms with E-state index in [-0.39, 0.29) is 23.4 Å². The molecule has 2 aromatic rings. The average Bonchev–Trinajstić information content (AvgIpc) is 3.46. The van der Waals surface area contributed by atoms with Crippen LogP contribution in [0.15, 0.2) is 42.5 Å². The van der Waals surface area contributed by atoms with Crippen LogP contribution in [0, 0.1) is 0 Å². The summed E-state index contributed by atoms with van der Waals surface area (Å²) in [5, 5.41) is 3.30. The molecule has 1 fully saturated rings. The second-order valence-corrected chi connectivity index (χ2v) is 6.29. The van der Waals surface area contributed by atoms with Gasteiger partial charge in [0, 0.05) is 17.3 Å². The fourth-order valence-corrected chi connectivity index (χ4v) is 3.35. The Morgan fingerprint density at radius 3 is 2.62 bits per heavy atom. The van der Waals surface area contributed by atoms with Crippen molar-refractivity contribution in [1.29, 1.82) is 0 Å². The Bertz CT molecular complexity index is 839. The van der Waals surface area contributed by atoms with E-state index >= 15 is 0 Å². The minimum atomic E-state index is -2.99. The Kier molecular flexibility index (Phi) is 4.14. The molecule has 0 spiro atoms. The van der Waals surface area contributed by atoms with Crippen LogP contribution in [-0.2, 0) is 0 Å². The van der Waals surface area contributed by atoms with E-state index < -0.39 is 12.8 Å². The first kappa shape index (κ1) is 16.6. The molecule has 2 aliphatic rings. The van der Waals surface area contributed by atoms with Gasteiger partial charge in [0.25, 0.3) is 5.91 Å². The lowest BCUT2D eigenvalue weighted by Crippen LogP contribution is -2.44. The lowest BCUT2D eigenvalue weighted by Gasteiger charge is -2.39. The van der Waals surface area contributed by atoms with E-state index in [2.05, 4.69) is 5.32 Å². The van der Waals surface area contributed by atoms with Gasteiger partial charge in [0.1, 0.15) is 6.17 Å². The summed E-state index contributed by atoms with van der Waals surface area (Å²) in [5.74, 6) is 0.0321.